The van der Waals surface area contributed by atoms with Crippen LogP contribution in [-0.2, 0) is 14.8 Å². The first kappa shape index (κ1) is 23.8. The molecule has 1 N–H and O–H groups in total. The van der Waals surface area contributed by atoms with E-state index in [1.807, 2.05) is 30.3 Å². The van der Waals surface area contributed by atoms with Gasteiger partial charge in [-0.2, -0.15) is 0 Å². The van der Waals surface area contributed by atoms with Gasteiger partial charge in [0.1, 0.15) is 18.0 Å². The van der Waals surface area contributed by atoms with Crippen LogP contribution in [0.25, 0.3) is 0 Å². The number of anilines is 1. The van der Waals surface area contributed by atoms with Crippen LogP contribution < -0.4 is 14.4 Å². The van der Waals surface area contributed by atoms with Crippen LogP contribution in [0.15, 0.2) is 89.8 Å². The van der Waals surface area contributed by atoms with Crippen LogP contribution in [0.5, 0.6) is 11.5 Å². The van der Waals surface area contributed by atoms with E-state index < -0.39 is 10.0 Å². The Morgan fingerprint density at radius 2 is 1.35 bits per heavy atom. The number of nitrogens with one attached hydrogen (secondary N) is 1. The highest BCUT2D eigenvalue weighted by Gasteiger charge is 2.28. The predicted molar refractivity (Wildman–Crippen MR) is 134 cm³/mol. The van der Waals surface area contributed by atoms with Crippen LogP contribution in [0.4, 0.5) is 5.69 Å². The van der Waals surface area contributed by atoms with Gasteiger partial charge in [0, 0.05) is 6.04 Å². The zero-order valence-corrected chi connectivity index (χ0v) is 19.9. The van der Waals surface area contributed by atoms with Crippen molar-refractivity contribution in [3.05, 3.63) is 84.9 Å². The second kappa shape index (κ2) is 11.2. The zero-order chi connectivity index (χ0) is 23.8. The number of ether oxygens (including phenoxy) is 1. The van der Waals surface area contributed by atoms with Crippen LogP contribution in [0.2, 0.25) is 0 Å². The Bertz CT molecular complexity index is 1160. The van der Waals surface area contributed by atoms with Gasteiger partial charge in [0.25, 0.3) is 10.0 Å². The van der Waals surface area contributed by atoms with E-state index in [0.29, 0.717) is 17.2 Å². The summed E-state index contributed by atoms with van der Waals surface area (Å²) in [5.74, 6) is 0.970. The third-order valence-electron chi connectivity index (χ3n) is 5.94. The minimum absolute atomic E-state index is 0.0953. The van der Waals surface area contributed by atoms with Gasteiger partial charge in [0.15, 0.2) is 0 Å². The molecule has 1 aliphatic carbocycles. The molecule has 1 amide bonds. The van der Waals surface area contributed by atoms with Crippen LogP contribution in [0, 0.1) is 0 Å². The molecule has 1 aliphatic rings. The number of hydrogen-bond acceptors (Lipinski definition) is 4. The molecular weight excluding hydrogens is 448 g/mol. The van der Waals surface area contributed by atoms with Gasteiger partial charge in [-0.3, -0.25) is 9.10 Å². The molecule has 0 aromatic heterocycles. The fourth-order valence-electron chi connectivity index (χ4n) is 4.17. The van der Waals surface area contributed by atoms with Gasteiger partial charge in [0.05, 0.1) is 10.6 Å². The third kappa shape index (κ3) is 6.17. The van der Waals surface area contributed by atoms with Gasteiger partial charge in [0.2, 0.25) is 5.91 Å². The summed E-state index contributed by atoms with van der Waals surface area (Å²) in [5, 5.41) is 3.06. The standard InChI is InChI=1S/C27H30N2O4S/c30-27(28-22-11-5-1-2-6-12-22)21-29(34(31,32)26-15-9-4-10-16-26)23-17-19-25(20-18-23)33-24-13-7-3-8-14-24/h3-4,7-10,13-20,22H,1-2,5-6,11-12,21H2,(H,28,30). The molecule has 1 saturated carbocycles. The summed E-state index contributed by atoms with van der Waals surface area (Å²) in [6.07, 6.45) is 6.39. The summed E-state index contributed by atoms with van der Waals surface area (Å²) in [7, 11) is -3.94. The maximum atomic E-state index is 13.5. The summed E-state index contributed by atoms with van der Waals surface area (Å²) >= 11 is 0. The lowest BCUT2D eigenvalue weighted by Gasteiger charge is -2.25. The lowest BCUT2D eigenvalue weighted by atomic mass is 10.1. The largest absolute Gasteiger partial charge is 0.457 e. The molecule has 6 nitrogen and oxygen atoms in total. The molecule has 178 valence electrons. The predicted octanol–water partition coefficient (Wildman–Crippen LogP) is 5.51. The molecule has 7 heteroatoms. The van der Waals surface area contributed by atoms with Crippen molar-refractivity contribution >= 4 is 21.6 Å². The number of carbonyl (C=O) groups excluding carboxylic acids is 1. The summed E-state index contributed by atoms with van der Waals surface area (Å²) in [5.41, 5.74) is 0.403. The average molecular weight is 479 g/mol. The van der Waals surface area contributed by atoms with Crippen LogP contribution in [0.1, 0.15) is 38.5 Å². The Morgan fingerprint density at radius 1 is 0.794 bits per heavy atom. The molecule has 0 spiro atoms. The van der Waals surface area contributed by atoms with Crippen molar-refractivity contribution in [2.75, 3.05) is 10.8 Å². The topological polar surface area (TPSA) is 75.7 Å². The normalized spacial score (nSPS) is 14.7. The second-order valence-corrected chi connectivity index (χ2v) is 10.4. The molecular formula is C27H30N2O4S. The van der Waals surface area contributed by atoms with Gasteiger partial charge in [-0.05, 0) is 61.4 Å². The summed E-state index contributed by atoms with van der Waals surface area (Å²) < 4.78 is 34.0. The molecule has 0 heterocycles. The lowest BCUT2D eigenvalue weighted by molar-refractivity contribution is -0.120. The van der Waals surface area contributed by atoms with E-state index >= 15 is 0 Å². The minimum atomic E-state index is -3.94. The highest BCUT2D eigenvalue weighted by molar-refractivity contribution is 7.92. The minimum Gasteiger partial charge on any atom is -0.457 e. The molecule has 3 aromatic carbocycles. The monoisotopic (exact) mass is 478 g/mol. The highest BCUT2D eigenvalue weighted by Crippen LogP contribution is 2.28. The fraction of sp³-hybridized carbons (Fsp3) is 0.296. The smallest absolute Gasteiger partial charge is 0.264 e. The van der Waals surface area contributed by atoms with E-state index in [0.717, 1.165) is 25.7 Å². The summed E-state index contributed by atoms with van der Waals surface area (Å²) in [6.45, 7) is -0.285. The molecule has 3 aromatic rings. The molecule has 0 radical (unpaired) electrons. The van der Waals surface area contributed by atoms with Gasteiger partial charge in [-0.25, -0.2) is 8.42 Å². The SMILES string of the molecule is O=C(CN(c1ccc(Oc2ccccc2)cc1)S(=O)(=O)c1ccccc1)NC1CCCCCC1. The molecule has 4 rings (SSSR count). The van der Waals surface area contributed by atoms with E-state index in [1.165, 1.54) is 17.1 Å². The number of amides is 1. The Balaban J connectivity index is 1.56. The van der Waals surface area contributed by atoms with E-state index in [-0.39, 0.29) is 23.4 Å². The molecule has 0 atom stereocenters. The number of nitrogens with zero attached hydrogens (tertiary/aromatic N) is 1. The molecule has 1 fully saturated rings. The van der Waals surface area contributed by atoms with E-state index in [9.17, 15) is 13.2 Å². The second-order valence-electron chi connectivity index (χ2n) is 8.49. The van der Waals surface area contributed by atoms with Gasteiger partial charge < -0.3 is 10.1 Å². The van der Waals surface area contributed by atoms with Gasteiger partial charge in [-0.1, -0.05) is 62.1 Å². The Morgan fingerprint density at radius 3 is 1.97 bits per heavy atom. The van der Waals surface area contributed by atoms with Crippen LogP contribution in [0.3, 0.4) is 0 Å². The number of carbonyl (C=O) groups is 1. The van der Waals surface area contributed by atoms with E-state index in [2.05, 4.69) is 5.32 Å². The summed E-state index contributed by atoms with van der Waals surface area (Å²) in [4.78, 5) is 13.1. The highest BCUT2D eigenvalue weighted by atomic mass is 32.2. The van der Waals surface area contributed by atoms with Crippen molar-refractivity contribution in [1.82, 2.24) is 5.32 Å². The number of hydrogen-bond donors (Lipinski definition) is 1. The van der Waals surface area contributed by atoms with Crippen molar-refractivity contribution in [2.24, 2.45) is 0 Å². The molecule has 0 saturated heterocycles. The molecule has 34 heavy (non-hydrogen) atoms. The number of rotatable bonds is 8. The van der Waals surface area contributed by atoms with E-state index in [1.54, 1.807) is 54.6 Å². The maximum Gasteiger partial charge on any atom is 0.264 e. The number of sulfonamides is 1. The number of benzene rings is 3. The van der Waals surface area contributed by atoms with Crippen molar-refractivity contribution in [2.45, 2.75) is 49.5 Å². The quantitative estimate of drug-likeness (QED) is 0.433. The fourth-order valence-corrected chi connectivity index (χ4v) is 5.61. The summed E-state index contributed by atoms with van der Waals surface area (Å²) in [6, 6.07) is 24.4. The van der Waals surface area contributed by atoms with Crippen LogP contribution in [-0.4, -0.2) is 26.9 Å². The third-order valence-corrected chi connectivity index (χ3v) is 7.73. The van der Waals surface area contributed by atoms with Crippen molar-refractivity contribution in [3.63, 3.8) is 0 Å². The Labute approximate surface area is 201 Å². The molecule has 0 unspecified atom stereocenters. The van der Waals surface area contributed by atoms with Gasteiger partial charge >= 0.3 is 0 Å². The van der Waals surface area contributed by atoms with Crippen LogP contribution >= 0.6 is 0 Å². The van der Waals surface area contributed by atoms with E-state index in [4.69, 9.17) is 4.74 Å². The van der Waals surface area contributed by atoms with Crippen molar-refractivity contribution in [3.8, 4) is 11.5 Å². The Hall–Kier alpha value is -3.32. The maximum absolute atomic E-state index is 13.5. The number of para-hydroxylation sites is 1. The van der Waals surface area contributed by atoms with Crippen molar-refractivity contribution in [1.29, 1.82) is 0 Å². The average Bonchev–Trinajstić information content (AvgIpc) is 3.13. The lowest BCUT2D eigenvalue weighted by Crippen LogP contribution is -2.44. The molecule has 0 bridgehead atoms. The van der Waals surface area contributed by atoms with Crippen molar-refractivity contribution < 1.29 is 17.9 Å². The first-order valence-electron chi connectivity index (χ1n) is 11.7. The van der Waals surface area contributed by atoms with Gasteiger partial charge in [-0.15, -0.1) is 0 Å². The molecule has 0 aliphatic heterocycles. The first-order chi connectivity index (χ1) is 16.5. The first-order valence-corrected chi connectivity index (χ1v) is 13.2. The zero-order valence-electron chi connectivity index (χ0n) is 19.1. The Kier molecular flexibility index (Phi) is 7.85.